The number of nitrogens with one attached hydrogen (secondary N) is 2. The average Bonchev–Trinajstić information content (AvgIpc) is 2.58. The summed E-state index contributed by atoms with van der Waals surface area (Å²) in [6.45, 7) is 13.1. The van der Waals surface area contributed by atoms with E-state index in [1.807, 2.05) is 55.6 Å². The molecule has 1 aliphatic rings. The number of hydrogen-bond acceptors (Lipinski definition) is 6. The number of carbonyl (C=O) groups excluding carboxylic acids is 2. The SMILES string of the molecule is CN(C)c1ccc(CN2C[C@H](NC(=O)OC(C)(C)C)C[C@H](NC(=O)OC(C)(C)C)C2)cc1. The number of anilines is 1. The van der Waals surface area contributed by atoms with Crippen molar-refractivity contribution in [1.29, 1.82) is 0 Å². The second kappa shape index (κ2) is 10.4. The summed E-state index contributed by atoms with van der Waals surface area (Å²) in [5.41, 5.74) is 1.17. The number of ether oxygens (including phenoxy) is 2. The zero-order valence-electron chi connectivity index (χ0n) is 20.8. The predicted octanol–water partition coefficient (Wildman–Crippen LogP) is 3.74. The van der Waals surface area contributed by atoms with E-state index in [9.17, 15) is 9.59 Å². The molecule has 0 aliphatic carbocycles. The minimum Gasteiger partial charge on any atom is -0.444 e. The van der Waals surface area contributed by atoms with Crippen LogP contribution in [0.5, 0.6) is 0 Å². The third kappa shape index (κ3) is 9.34. The Morgan fingerprint density at radius 1 is 0.906 bits per heavy atom. The van der Waals surface area contributed by atoms with Gasteiger partial charge in [0.2, 0.25) is 0 Å². The van der Waals surface area contributed by atoms with E-state index in [1.165, 1.54) is 5.56 Å². The number of piperidine rings is 1. The van der Waals surface area contributed by atoms with Gasteiger partial charge in [0, 0.05) is 51.5 Å². The molecular weight excluding hydrogens is 408 g/mol. The Bertz CT molecular complexity index is 728. The Morgan fingerprint density at radius 2 is 1.34 bits per heavy atom. The lowest BCUT2D eigenvalue weighted by molar-refractivity contribution is 0.0409. The van der Waals surface area contributed by atoms with E-state index in [0.29, 0.717) is 26.1 Å². The third-order valence-corrected chi connectivity index (χ3v) is 4.83. The highest BCUT2D eigenvalue weighted by molar-refractivity contribution is 5.69. The molecule has 0 aromatic heterocycles. The summed E-state index contributed by atoms with van der Waals surface area (Å²) in [5.74, 6) is 0. The highest BCUT2D eigenvalue weighted by Gasteiger charge is 2.31. The van der Waals surface area contributed by atoms with Gasteiger partial charge in [0.15, 0.2) is 0 Å². The summed E-state index contributed by atoms with van der Waals surface area (Å²) in [7, 11) is 4.03. The van der Waals surface area contributed by atoms with Crippen molar-refractivity contribution in [2.45, 2.75) is 77.8 Å². The minimum atomic E-state index is -0.569. The summed E-state index contributed by atoms with van der Waals surface area (Å²) in [4.78, 5) is 29.0. The molecule has 32 heavy (non-hydrogen) atoms. The lowest BCUT2D eigenvalue weighted by Gasteiger charge is -2.38. The van der Waals surface area contributed by atoms with Crippen LogP contribution >= 0.6 is 0 Å². The molecule has 2 amide bonds. The molecule has 0 saturated carbocycles. The molecule has 8 heteroatoms. The monoisotopic (exact) mass is 448 g/mol. The summed E-state index contributed by atoms with van der Waals surface area (Å²) in [5, 5.41) is 5.93. The largest absolute Gasteiger partial charge is 0.444 e. The van der Waals surface area contributed by atoms with Gasteiger partial charge in [0.05, 0.1) is 0 Å². The molecule has 0 spiro atoms. The first-order valence-electron chi connectivity index (χ1n) is 11.2. The number of hydrogen-bond donors (Lipinski definition) is 2. The van der Waals surface area contributed by atoms with Gasteiger partial charge in [-0.1, -0.05) is 12.1 Å². The summed E-state index contributed by atoms with van der Waals surface area (Å²) in [6, 6.07) is 8.09. The van der Waals surface area contributed by atoms with Gasteiger partial charge in [-0.25, -0.2) is 9.59 Å². The van der Waals surface area contributed by atoms with Crippen LogP contribution in [-0.4, -0.2) is 67.6 Å². The maximum absolute atomic E-state index is 12.3. The fourth-order valence-electron chi connectivity index (χ4n) is 3.63. The van der Waals surface area contributed by atoms with E-state index in [1.54, 1.807) is 0 Å². The van der Waals surface area contributed by atoms with Crippen molar-refractivity contribution in [2.75, 3.05) is 32.1 Å². The number of amides is 2. The number of benzene rings is 1. The first-order chi connectivity index (χ1) is 14.7. The Morgan fingerprint density at radius 3 is 1.72 bits per heavy atom. The topological polar surface area (TPSA) is 83.1 Å². The first-order valence-corrected chi connectivity index (χ1v) is 11.2. The van der Waals surface area contributed by atoms with Crippen molar-refractivity contribution in [2.24, 2.45) is 0 Å². The molecule has 1 fully saturated rings. The molecule has 2 N–H and O–H groups in total. The normalized spacial score (nSPS) is 19.8. The van der Waals surface area contributed by atoms with Gasteiger partial charge in [-0.15, -0.1) is 0 Å². The van der Waals surface area contributed by atoms with Gasteiger partial charge >= 0.3 is 12.2 Å². The Hall–Kier alpha value is -2.48. The predicted molar refractivity (Wildman–Crippen MR) is 127 cm³/mol. The molecule has 2 rings (SSSR count). The molecule has 8 nitrogen and oxygen atoms in total. The van der Waals surface area contributed by atoms with Crippen molar-refractivity contribution in [3.63, 3.8) is 0 Å². The van der Waals surface area contributed by atoms with Crippen molar-refractivity contribution >= 4 is 17.9 Å². The molecule has 2 atom stereocenters. The first kappa shape index (κ1) is 25.8. The van der Waals surface area contributed by atoms with Crippen LogP contribution in [0, 0.1) is 0 Å². The highest BCUT2D eigenvalue weighted by Crippen LogP contribution is 2.19. The zero-order chi connectivity index (χ0) is 24.1. The van der Waals surface area contributed by atoms with Gasteiger partial charge in [0.1, 0.15) is 11.2 Å². The van der Waals surface area contributed by atoms with Crippen molar-refractivity contribution in [1.82, 2.24) is 15.5 Å². The molecule has 0 radical (unpaired) electrons. The number of alkyl carbamates (subject to hydrolysis) is 2. The van der Waals surface area contributed by atoms with Crippen LogP contribution in [0.15, 0.2) is 24.3 Å². The molecule has 0 unspecified atom stereocenters. The molecule has 1 saturated heterocycles. The highest BCUT2D eigenvalue weighted by atomic mass is 16.6. The standard InChI is InChI=1S/C24H40N4O4/c1-23(2,3)31-21(29)25-18-13-19(26-22(30)32-24(4,5)6)16-28(15-18)14-17-9-11-20(12-10-17)27(7)8/h9-12,18-19H,13-16H2,1-8H3,(H,25,29)(H,26,30)/t18-,19+. The Kier molecular flexibility index (Phi) is 8.40. The van der Waals surface area contributed by atoms with Crippen LogP contribution in [0.1, 0.15) is 53.5 Å². The average molecular weight is 449 g/mol. The van der Waals surface area contributed by atoms with E-state index >= 15 is 0 Å². The number of nitrogens with zero attached hydrogens (tertiary/aromatic N) is 2. The van der Waals surface area contributed by atoms with Gasteiger partial charge in [-0.2, -0.15) is 0 Å². The fraction of sp³-hybridized carbons (Fsp3) is 0.667. The summed E-state index contributed by atoms with van der Waals surface area (Å²) in [6.07, 6.45) is -0.291. The fourth-order valence-corrected chi connectivity index (χ4v) is 3.63. The van der Waals surface area contributed by atoms with Crippen molar-refractivity contribution in [3.8, 4) is 0 Å². The third-order valence-electron chi connectivity index (χ3n) is 4.83. The van der Waals surface area contributed by atoms with Crippen molar-refractivity contribution < 1.29 is 19.1 Å². The molecule has 1 aromatic rings. The van der Waals surface area contributed by atoms with Crippen LogP contribution in [0.4, 0.5) is 15.3 Å². The van der Waals surface area contributed by atoms with Crippen LogP contribution in [0.2, 0.25) is 0 Å². The maximum Gasteiger partial charge on any atom is 0.407 e. The molecular formula is C24H40N4O4. The molecule has 1 aromatic carbocycles. The summed E-state index contributed by atoms with van der Waals surface area (Å²) >= 11 is 0. The second-order valence-corrected chi connectivity index (χ2v) is 10.7. The Labute approximate surface area is 192 Å². The quantitative estimate of drug-likeness (QED) is 0.714. The van der Waals surface area contributed by atoms with Gasteiger partial charge in [-0.05, 0) is 65.7 Å². The van der Waals surface area contributed by atoms with E-state index in [4.69, 9.17) is 9.47 Å². The summed E-state index contributed by atoms with van der Waals surface area (Å²) < 4.78 is 10.9. The van der Waals surface area contributed by atoms with Crippen LogP contribution in [-0.2, 0) is 16.0 Å². The number of likely N-dealkylation sites (tertiary alicyclic amines) is 1. The lowest BCUT2D eigenvalue weighted by atomic mass is 10.00. The Balaban J connectivity index is 2.07. The van der Waals surface area contributed by atoms with E-state index in [-0.39, 0.29) is 12.1 Å². The zero-order valence-corrected chi connectivity index (χ0v) is 20.8. The number of rotatable bonds is 5. The molecule has 1 aliphatic heterocycles. The second-order valence-electron chi connectivity index (χ2n) is 10.7. The lowest BCUT2D eigenvalue weighted by Crippen LogP contribution is -2.57. The van der Waals surface area contributed by atoms with Crippen LogP contribution in [0.3, 0.4) is 0 Å². The molecule has 180 valence electrons. The van der Waals surface area contributed by atoms with Crippen LogP contribution < -0.4 is 15.5 Å². The van der Waals surface area contributed by atoms with Crippen molar-refractivity contribution in [3.05, 3.63) is 29.8 Å². The van der Waals surface area contributed by atoms with Gasteiger partial charge in [0.25, 0.3) is 0 Å². The smallest absolute Gasteiger partial charge is 0.407 e. The molecule has 1 heterocycles. The number of carbonyl (C=O) groups is 2. The minimum absolute atomic E-state index is 0.153. The van der Waals surface area contributed by atoms with Gasteiger partial charge < -0.3 is 25.0 Å². The molecule has 0 bridgehead atoms. The van der Waals surface area contributed by atoms with Crippen LogP contribution in [0.25, 0.3) is 0 Å². The van der Waals surface area contributed by atoms with E-state index < -0.39 is 23.4 Å². The van der Waals surface area contributed by atoms with Gasteiger partial charge in [-0.3, -0.25) is 4.90 Å². The maximum atomic E-state index is 12.3. The van der Waals surface area contributed by atoms with E-state index in [0.717, 1.165) is 5.69 Å². The van der Waals surface area contributed by atoms with E-state index in [2.05, 4.69) is 44.7 Å².